The van der Waals surface area contributed by atoms with Crippen LogP contribution < -0.4 is 5.59 Å². The first-order valence-corrected chi connectivity index (χ1v) is 6.82. The molecule has 1 fully saturated rings. The summed E-state index contributed by atoms with van der Waals surface area (Å²) in [5.74, 6) is 0. The number of hydrogen-bond donors (Lipinski definition) is 0. The molecule has 2 aromatic rings. The highest BCUT2D eigenvalue weighted by atomic mass is 16.7. The smallest absolute Gasteiger partial charge is 0.398 e. The molecule has 0 bridgehead atoms. The summed E-state index contributed by atoms with van der Waals surface area (Å²) in [5.41, 5.74) is 1.36. The number of aromatic nitrogens is 4. The lowest BCUT2D eigenvalue weighted by molar-refractivity contribution is 0.00578. The van der Waals surface area contributed by atoms with Gasteiger partial charge in [-0.1, -0.05) is 0 Å². The number of rotatable bonds is 2. The molecular weight excluding hydrogens is 267 g/mol. The van der Waals surface area contributed by atoms with Gasteiger partial charge in [0.2, 0.25) is 0 Å². The molecule has 6 nitrogen and oxygen atoms in total. The van der Waals surface area contributed by atoms with Crippen LogP contribution >= 0.6 is 0 Å². The van der Waals surface area contributed by atoms with E-state index in [0.29, 0.717) is 11.3 Å². The molecule has 7 heteroatoms. The van der Waals surface area contributed by atoms with Crippen LogP contribution in [0.2, 0.25) is 0 Å². The molecule has 0 aliphatic carbocycles. The summed E-state index contributed by atoms with van der Waals surface area (Å²) in [7, 11) is -0.521. The van der Waals surface area contributed by atoms with Gasteiger partial charge in [-0.25, -0.2) is 9.97 Å². The van der Waals surface area contributed by atoms with Gasteiger partial charge in [0.15, 0.2) is 0 Å². The molecule has 1 saturated heterocycles. The first kappa shape index (κ1) is 14.1. The second kappa shape index (κ2) is 4.86. The van der Waals surface area contributed by atoms with Crippen molar-refractivity contribution in [2.75, 3.05) is 0 Å². The summed E-state index contributed by atoms with van der Waals surface area (Å²) >= 11 is 0. The van der Waals surface area contributed by atoms with Crippen LogP contribution in [0.4, 0.5) is 0 Å². The fourth-order valence-electron chi connectivity index (χ4n) is 2.03. The second-order valence-electron chi connectivity index (χ2n) is 6.04. The summed E-state index contributed by atoms with van der Waals surface area (Å²) in [6.45, 7) is 8.04. The Kier molecular flexibility index (Phi) is 3.26. The zero-order chi connectivity index (χ0) is 15.1. The van der Waals surface area contributed by atoms with E-state index in [9.17, 15) is 0 Å². The van der Waals surface area contributed by atoms with Gasteiger partial charge in [-0.3, -0.25) is 9.97 Å². The van der Waals surface area contributed by atoms with Crippen LogP contribution in [0.5, 0.6) is 0 Å². The van der Waals surface area contributed by atoms with Gasteiger partial charge in [-0.15, -0.1) is 0 Å². The normalized spacial score (nSPS) is 19.7. The molecule has 108 valence electrons. The van der Waals surface area contributed by atoms with Crippen LogP contribution in [0.1, 0.15) is 27.7 Å². The fraction of sp³-hybridized carbons (Fsp3) is 0.429. The van der Waals surface area contributed by atoms with Crippen molar-refractivity contribution in [3.05, 3.63) is 31.1 Å². The summed E-state index contributed by atoms with van der Waals surface area (Å²) < 4.78 is 12.0. The topological polar surface area (TPSA) is 70.0 Å². The van der Waals surface area contributed by atoms with E-state index in [2.05, 4.69) is 19.9 Å². The van der Waals surface area contributed by atoms with Crippen LogP contribution in [-0.4, -0.2) is 38.3 Å². The average Bonchev–Trinajstić information content (AvgIpc) is 2.69. The average molecular weight is 284 g/mol. The molecule has 1 aliphatic rings. The highest BCUT2D eigenvalue weighted by Crippen LogP contribution is 2.36. The van der Waals surface area contributed by atoms with Crippen molar-refractivity contribution in [3.63, 3.8) is 0 Å². The Morgan fingerprint density at radius 1 is 0.857 bits per heavy atom. The lowest BCUT2D eigenvalue weighted by atomic mass is 9.85. The molecule has 0 unspecified atom stereocenters. The predicted molar refractivity (Wildman–Crippen MR) is 78.8 cm³/mol. The zero-order valence-corrected chi connectivity index (χ0v) is 12.6. The van der Waals surface area contributed by atoms with Crippen molar-refractivity contribution < 1.29 is 9.31 Å². The summed E-state index contributed by atoms with van der Waals surface area (Å²) in [5, 5.41) is 0. The van der Waals surface area contributed by atoms with Crippen LogP contribution in [0.25, 0.3) is 11.3 Å². The van der Waals surface area contributed by atoms with Gasteiger partial charge in [-0.05, 0) is 27.7 Å². The van der Waals surface area contributed by atoms with Crippen molar-refractivity contribution in [3.8, 4) is 11.3 Å². The Morgan fingerprint density at radius 3 is 2.10 bits per heavy atom. The fourth-order valence-corrected chi connectivity index (χ4v) is 2.03. The highest BCUT2D eigenvalue weighted by molar-refractivity contribution is 6.61. The summed E-state index contributed by atoms with van der Waals surface area (Å²) in [6.07, 6.45) is 8.22. The van der Waals surface area contributed by atoms with Gasteiger partial charge < -0.3 is 9.31 Å². The lowest BCUT2D eigenvalue weighted by Crippen LogP contribution is -2.41. The highest BCUT2D eigenvalue weighted by Gasteiger charge is 2.52. The van der Waals surface area contributed by atoms with Gasteiger partial charge in [0.25, 0.3) is 0 Å². The van der Waals surface area contributed by atoms with Crippen molar-refractivity contribution in [2.45, 2.75) is 38.9 Å². The van der Waals surface area contributed by atoms with E-state index in [1.54, 1.807) is 24.8 Å². The maximum atomic E-state index is 5.98. The van der Waals surface area contributed by atoms with Gasteiger partial charge in [-0.2, -0.15) is 0 Å². The number of nitrogens with zero attached hydrogens (tertiary/aromatic N) is 4. The Bertz CT molecular complexity index is 632. The summed E-state index contributed by atoms with van der Waals surface area (Å²) in [6, 6.07) is 0. The molecule has 0 aromatic carbocycles. The van der Waals surface area contributed by atoms with E-state index >= 15 is 0 Å². The zero-order valence-electron chi connectivity index (χ0n) is 12.6. The molecule has 0 spiro atoms. The van der Waals surface area contributed by atoms with Crippen LogP contribution in [-0.2, 0) is 9.31 Å². The van der Waals surface area contributed by atoms with E-state index < -0.39 is 18.3 Å². The van der Waals surface area contributed by atoms with E-state index in [-0.39, 0.29) is 0 Å². The third kappa shape index (κ3) is 2.54. The molecule has 0 N–H and O–H groups in total. The van der Waals surface area contributed by atoms with Crippen LogP contribution in [0.15, 0.2) is 31.1 Å². The van der Waals surface area contributed by atoms with Gasteiger partial charge in [0, 0.05) is 24.2 Å². The van der Waals surface area contributed by atoms with E-state index in [1.165, 1.54) is 6.33 Å². The number of hydrogen-bond acceptors (Lipinski definition) is 6. The molecule has 1 aliphatic heterocycles. The molecule has 0 saturated carbocycles. The minimum absolute atomic E-state index is 0.398. The molecule has 3 heterocycles. The van der Waals surface area contributed by atoms with Crippen molar-refractivity contribution in [1.82, 2.24) is 19.9 Å². The lowest BCUT2D eigenvalue weighted by Gasteiger charge is -2.32. The first-order chi connectivity index (χ1) is 9.89. The largest absolute Gasteiger partial charge is 0.516 e. The molecule has 0 atom stereocenters. The molecule has 2 aromatic heterocycles. The Hall–Kier alpha value is -1.86. The Labute approximate surface area is 124 Å². The van der Waals surface area contributed by atoms with Crippen LogP contribution in [0, 0.1) is 0 Å². The predicted octanol–water partition coefficient (Wildman–Crippen LogP) is 1.23. The van der Waals surface area contributed by atoms with E-state index in [4.69, 9.17) is 9.31 Å². The quantitative estimate of drug-likeness (QED) is 0.773. The Morgan fingerprint density at radius 2 is 1.48 bits per heavy atom. The van der Waals surface area contributed by atoms with E-state index in [0.717, 1.165) is 5.56 Å². The minimum atomic E-state index is -0.521. The van der Waals surface area contributed by atoms with Crippen LogP contribution in [0.3, 0.4) is 0 Å². The van der Waals surface area contributed by atoms with Crippen molar-refractivity contribution in [1.29, 1.82) is 0 Å². The molecule has 0 amide bonds. The van der Waals surface area contributed by atoms with Crippen molar-refractivity contribution in [2.24, 2.45) is 0 Å². The Balaban J connectivity index is 1.92. The maximum absolute atomic E-state index is 5.98. The molecule has 0 radical (unpaired) electrons. The molecular formula is C14H17BN4O2. The van der Waals surface area contributed by atoms with Gasteiger partial charge in [0.1, 0.15) is 6.33 Å². The first-order valence-electron chi connectivity index (χ1n) is 6.82. The third-order valence-corrected chi connectivity index (χ3v) is 4.00. The summed E-state index contributed by atoms with van der Waals surface area (Å²) in [4.78, 5) is 16.8. The van der Waals surface area contributed by atoms with Gasteiger partial charge >= 0.3 is 7.12 Å². The standard InChI is InChI=1S/C14H17BN4O2/c1-13(2)14(3,4)21-15(20-13)12-8-16-7-11(19-12)10-5-17-9-18-6-10/h5-9H,1-4H3. The maximum Gasteiger partial charge on any atom is 0.516 e. The minimum Gasteiger partial charge on any atom is -0.398 e. The monoisotopic (exact) mass is 284 g/mol. The molecule has 21 heavy (non-hydrogen) atoms. The van der Waals surface area contributed by atoms with Crippen molar-refractivity contribution >= 4 is 12.7 Å². The SMILES string of the molecule is CC1(C)OB(c2cncc(-c3cncnc3)n2)OC1(C)C. The van der Waals surface area contributed by atoms with Gasteiger partial charge in [0.05, 0.1) is 28.7 Å². The molecule has 3 rings (SSSR count). The third-order valence-electron chi connectivity index (χ3n) is 4.00. The van der Waals surface area contributed by atoms with E-state index in [1.807, 2.05) is 27.7 Å². The second-order valence-corrected chi connectivity index (χ2v) is 6.04.